The van der Waals surface area contributed by atoms with Gasteiger partial charge >= 0.3 is 0 Å². The van der Waals surface area contributed by atoms with Crippen LogP contribution in [-0.2, 0) is 6.42 Å². The van der Waals surface area contributed by atoms with Crippen LogP contribution in [0.25, 0.3) is 10.6 Å². The van der Waals surface area contributed by atoms with E-state index in [1.165, 1.54) is 23.5 Å². The van der Waals surface area contributed by atoms with Crippen molar-refractivity contribution in [2.75, 3.05) is 0 Å². The molecule has 0 atom stereocenters. The van der Waals surface area contributed by atoms with Crippen LogP contribution in [0.4, 0.5) is 4.39 Å². The Morgan fingerprint density at radius 3 is 3.07 bits per heavy atom. The van der Waals surface area contributed by atoms with Crippen molar-refractivity contribution >= 4 is 11.3 Å². The van der Waals surface area contributed by atoms with Gasteiger partial charge in [-0.05, 0) is 12.1 Å². The molecule has 0 fully saturated rings. The SMILES string of the molecule is N#CCc1cnc(-c2cccc(F)c2)s1. The lowest BCUT2D eigenvalue weighted by Gasteiger charge is -1.94. The van der Waals surface area contributed by atoms with Crippen LogP contribution < -0.4 is 0 Å². The Labute approximate surface area is 90.6 Å². The van der Waals surface area contributed by atoms with Gasteiger partial charge in [0, 0.05) is 16.6 Å². The normalized spacial score (nSPS) is 9.87. The van der Waals surface area contributed by atoms with Crippen LogP contribution in [0.5, 0.6) is 0 Å². The molecule has 0 amide bonds. The molecule has 15 heavy (non-hydrogen) atoms. The van der Waals surface area contributed by atoms with Gasteiger partial charge in [0.1, 0.15) is 10.8 Å². The maximum atomic E-state index is 12.9. The third-order valence-electron chi connectivity index (χ3n) is 1.88. The Morgan fingerprint density at radius 1 is 1.47 bits per heavy atom. The molecule has 4 heteroatoms. The quantitative estimate of drug-likeness (QED) is 0.776. The molecule has 0 aliphatic heterocycles. The highest BCUT2D eigenvalue weighted by atomic mass is 32.1. The lowest BCUT2D eigenvalue weighted by Crippen LogP contribution is -1.77. The fourth-order valence-corrected chi connectivity index (χ4v) is 2.06. The van der Waals surface area contributed by atoms with Crippen molar-refractivity contribution in [3.05, 3.63) is 41.2 Å². The maximum Gasteiger partial charge on any atom is 0.123 e. The van der Waals surface area contributed by atoms with Crippen LogP contribution in [-0.4, -0.2) is 4.98 Å². The fraction of sp³-hybridized carbons (Fsp3) is 0.0909. The predicted molar refractivity (Wildman–Crippen MR) is 56.8 cm³/mol. The molecule has 1 aromatic heterocycles. The summed E-state index contributed by atoms with van der Waals surface area (Å²) in [5, 5.41) is 9.26. The zero-order chi connectivity index (χ0) is 10.7. The van der Waals surface area contributed by atoms with Gasteiger partial charge in [0.05, 0.1) is 12.5 Å². The first-order valence-electron chi connectivity index (χ1n) is 4.37. The van der Waals surface area contributed by atoms with Gasteiger partial charge in [0.15, 0.2) is 0 Å². The van der Waals surface area contributed by atoms with E-state index in [0.29, 0.717) is 6.42 Å². The van der Waals surface area contributed by atoms with Crippen LogP contribution in [0, 0.1) is 17.1 Å². The number of thiazole rings is 1. The number of hydrogen-bond acceptors (Lipinski definition) is 3. The molecule has 0 unspecified atom stereocenters. The van der Waals surface area contributed by atoms with Gasteiger partial charge in [-0.25, -0.2) is 9.37 Å². The largest absolute Gasteiger partial charge is 0.244 e. The van der Waals surface area contributed by atoms with Crippen LogP contribution in [0.15, 0.2) is 30.5 Å². The summed E-state index contributed by atoms with van der Waals surface area (Å²) in [6, 6.07) is 8.34. The molecule has 1 aromatic carbocycles. The van der Waals surface area contributed by atoms with Gasteiger partial charge in [-0.3, -0.25) is 0 Å². The summed E-state index contributed by atoms with van der Waals surface area (Å²) in [7, 11) is 0. The molecule has 0 aliphatic rings. The Hall–Kier alpha value is -1.73. The predicted octanol–water partition coefficient (Wildman–Crippen LogP) is 3.02. The second-order valence-corrected chi connectivity index (χ2v) is 4.09. The van der Waals surface area contributed by atoms with Crippen molar-refractivity contribution < 1.29 is 4.39 Å². The molecule has 0 bridgehead atoms. The minimum Gasteiger partial charge on any atom is -0.244 e. The van der Waals surface area contributed by atoms with Crippen LogP contribution in [0.3, 0.4) is 0 Å². The molecule has 0 aliphatic carbocycles. The van der Waals surface area contributed by atoms with Crippen molar-refractivity contribution in [3.8, 4) is 16.6 Å². The van der Waals surface area contributed by atoms with Crippen molar-refractivity contribution in [2.45, 2.75) is 6.42 Å². The fourth-order valence-electron chi connectivity index (χ4n) is 1.22. The Balaban J connectivity index is 2.34. The third kappa shape index (κ3) is 2.20. The molecule has 0 saturated heterocycles. The van der Waals surface area contributed by atoms with Gasteiger partial charge in [-0.2, -0.15) is 5.26 Å². The van der Waals surface area contributed by atoms with Crippen molar-refractivity contribution in [2.24, 2.45) is 0 Å². The molecule has 0 spiro atoms. The first-order valence-corrected chi connectivity index (χ1v) is 5.19. The molecule has 0 saturated carbocycles. The second-order valence-electron chi connectivity index (χ2n) is 2.98. The molecule has 2 rings (SSSR count). The standard InChI is InChI=1S/C11H7FN2S/c12-9-3-1-2-8(6-9)11-14-7-10(15-11)4-5-13/h1-3,6-7H,4H2. The van der Waals surface area contributed by atoms with Gasteiger partial charge in [-0.15, -0.1) is 11.3 Å². The summed E-state index contributed by atoms with van der Waals surface area (Å²) in [6.07, 6.45) is 2.01. The number of hydrogen-bond donors (Lipinski definition) is 0. The Bertz CT molecular complexity index is 513. The van der Waals surface area contributed by atoms with Crippen molar-refractivity contribution in [1.82, 2.24) is 4.98 Å². The van der Waals surface area contributed by atoms with Gasteiger partial charge in [0.2, 0.25) is 0 Å². The van der Waals surface area contributed by atoms with E-state index in [1.54, 1.807) is 18.3 Å². The smallest absolute Gasteiger partial charge is 0.123 e. The number of aromatic nitrogens is 1. The number of rotatable bonds is 2. The zero-order valence-electron chi connectivity index (χ0n) is 7.77. The number of nitriles is 1. The summed E-state index contributed by atoms with van der Waals surface area (Å²) >= 11 is 1.42. The molecule has 0 radical (unpaired) electrons. The van der Waals surface area contributed by atoms with Crippen molar-refractivity contribution in [1.29, 1.82) is 5.26 Å². The minimum atomic E-state index is -0.274. The summed E-state index contributed by atoms with van der Waals surface area (Å²) < 4.78 is 12.9. The summed E-state index contributed by atoms with van der Waals surface area (Å²) in [5.41, 5.74) is 0.754. The molecule has 74 valence electrons. The van der Waals surface area contributed by atoms with Crippen LogP contribution in [0.1, 0.15) is 4.88 Å². The molecule has 1 heterocycles. The molecule has 2 aromatic rings. The van der Waals surface area contributed by atoms with E-state index in [2.05, 4.69) is 11.1 Å². The topological polar surface area (TPSA) is 36.7 Å². The molecule has 2 nitrogen and oxygen atoms in total. The average molecular weight is 218 g/mol. The van der Waals surface area contributed by atoms with Gasteiger partial charge in [0.25, 0.3) is 0 Å². The number of nitrogens with zero attached hydrogens (tertiary/aromatic N) is 2. The zero-order valence-corrected chi connectivity index (χ0v) is 8.59. The monoisotopic (exact) mass is 218 g/mol. The van der Waals surface area contributed by atoms with E-state index in [4.69, 9.17) is 5.26 Å². The first-order chi connectivity index (χ1) is 7.29. The third-order valence-corrected chi connectivity index (χ3v) is 2.92. The molecular weight excluding hydrogens is 211 g/mol. The lowest BCUT2D eigenvalue weighted by atomic mass is 10.2. The highest BCUT2D eigenvalue weighted by Gasteiger charge is 2.04. The van der Waals surface area contributed by atoms with E-state index in [-0.39, 0.29) is 5.82 Å². The minimum absolute atomic E-state index is 0.274. The Kier molecular flexibility index (Phi) is 2.75. The van der Waals surface area contributed by atoms with E-state index in [1.807, 2.05) is 0 Å². The highest BCUT2D eigenvalue weighted by Crippen LogP contribution is 2.25. The number of benzene rings is 1. The molecule has 0 N–H and O–H groups in total. The summed E-state index contributed by atoms with van der Waals surface area (Å²) in [4.78, 5) is 5.05. The van der Waals surface area contributed by atoms with Crippen LogP contribution in [0.2, 0.25) is 0 Å². The van der Waals surface area contributed by atoms with E-state index < -0.39 is 0 Å². The first kappa shape index (κ1) is 9.81. The lowest BCUT2D eigenvalue weighted by molar-refractivity contribution is 0.628. The van der Waals surface area contributed by atoms with Crippen molar-refractivity contribution in [3.63, 3.8) is 0 Å². The van der Waals surface area contributed by atoms with Crippen LogP contribution >= 0.6 is 11.3 Å². The average Bonchev–Trinajstić information content (AvgIpc) is 2.67. The van der Waals surface area contributed by atoms with E-state index in [9.17, 15) is 4.39 Å². The second kappa shape index (κ2) is 4.20. The van der Waals surface area contributed by atoms with E-state index in [0.717, 1.165) is 15.4 Å². The van der Waals surface area contributed by atoms with Gasteiger partial charge in [-0.1, -0.05) is 12.1 Å². The number of halogens is 1. The van der Waals surface area contributed by atoms with E-state index >= 15 is 0 Å². The molecular formula is C11H7FN2S. The highest BCUT2D eigenvalue weighted by molar-refractivity contribution is 7.15. The van der Waals surface area contributed by atoms with Gasteiger partial charge < -0.3 is 0 Å². The maximum absolute atomic E-state index is 12.9. The Morgan fingerprint density at radius 2 is 2.33 bits per heavy atom. The summed E-state index contributed by atoms with van der Waals surface area (Å²) in [6.45, 7) is 0. The summed E-state index contributed by atoms with van der Waals surface area (Å²) in [5.74, 6) is -0.274.